The Morgan fingerprint density at radius 2 is 2.21 bits per heavy atom. The highest BCUT2D eigenvalue weighted by Gasteiger charge is 2.28. The molecule has 0 radical (unpaired) electrons. The zero-order chi connectivity index (χ0) is 14.0. The Hall–Kier alpha value is -1.29. The number of halogens is 1. The number of nitrogens with one attached hydrogen (secondary N) is 2. The van der Waals surface area contributed by atoms with Gasteiger partial charge >= 0.3 is 5.97 Å². The van der Waals surface area contributed by atoms with Crippen LogP contribution in [-0.4, -0.2) is 34.0 Å². The van der Waals surface area contributed by atoms with E-state index in [1.807, 2.05) is 22.6 Å². The maximum atomic E-state index is 11.9. The van der Waals surface area contributed by atoms with Crippen LogP contribution in [-0.2, 0) is 4.79 Å². The molecule has 1 aromatic carbocycles. The van der Waals surface area contributed by atoms with Gasteiger partial charge in [0.15, 0.2) is 0 Å². The fourth-order valence-electron chi connectivity index (χ4n) is 1.55. The quantitative estimate of drug-likeness (QED) is 0.682. The monoisotopic (exact) mass is 392 g/mol. The molecule has 0 aromatic heterocycles. The molecule has 3 N–H and O–H groups in total. The molecule has 1 aliphatic heterocycles. The lowest BCUT2D eigenvalue weighted by Crippen LogP contribution is -2.38. The van der Waals surface area contributed by atoms with Crippen LogP contribution >= 0.6 is 34.4 Å². The lowest BCUT2D eigenvalue weighted by atomic mass is 10.1. The number of carboxylic acids is 1. The number of thioether (sulfide) groups is 1. The van der Waals surface area contributed by atoms with Crippen LogP contribution in [0.2, 0.25) is 0 Å². The topological polar surface area (TPSA) is 95.5 Å². The molecule has 6 nitrogen and oxygen atoms in total. The zero-order valence-electron chi connectivity index (χ0n) is 9.47. The molecule has 1 unspecified atom stereocenters. The minimum atomic E-state index is -1.11. The molecule has 19 heavy (non-hydrogen) atoms. The maximum Gasteiger partial charge on any atom is 0.337 e. The van der Waals surface area contributed by atoms with E-state index >= 15 is 0 Å². The predicted octanol–water partition coefficient (Wildman–Crippen LogP) is 1.75. The van der Waals surface area contributed by atoms with Crippen molar-refractivity contribution < 1.29 is 19.5 Å². The smallest absolute Gasteiger partial charge is 0.337 e. The summed E-state index contributed by atoms with van der Waals surface area (Å²) in [6, 6.07) is 4.08. The van der Waals surface area contributed by atoms with Gasteiger partial charge in [0.25, 0.3) is 5.24 Å². The van der Waals surface area contributed by atoms with Crippen LogP contribution in [0.5, 0.6) is 0 Å². The maximum absolute atomic E-state index is 11.9. The van der Waals surface area contributed by atoms with Crippen LogP contribution in [0.25, 0.3) is 0 Å². The molecule has 2 amide bonds. The van der Waals surface area contributed by atoms with E-state index in [4.69, 9.17) is 5.11 Å². The third kappa shape index (κ3) is 3.38. The number of carbonyl (C=O) groups excluding carboxylic acids is 2. The molecule has 8 heteroatoms. The van der Waals surface area contributed by atoms with Crippen molar-refractivity contribution in [1.29, 1.82) is 0 Å². The number of aromatic carboxylic acids is 1. The summed E-state index contributed by atoms with van der Waals surface area (Å²) in [4.78, 5) is 34.0. The fraction of sp³-hybridized carbons (Fsp3) is 0.182. The van der Waals surface area contributed by atoms with Gasteiger partial charge in [0.05, 0.1) is 11.3 Å². The third-order valence-corrected chi connectivity index (χ3v) is 4.01. The number of hydrogen-bond acceptors (Lipinski definition) is 4. The van der Waals surface area contributed by atoms with Crippen LogP contribution in [0, 0.1) is 3.57 Å². The molecule has 1 aliphatic rings. The predicted molar refractivity (Wildman–Crippen MR) is 79.5 cm³/mol. The van der Waals surface area contributed by atoms with E-state index in [-0.39, 0.29) is 16.5 Å². The summed E-state index contributed by atoms with van der Waals surface area (Å²) < 4.78 is 0.762. The van der Waals surface area contributed by atoms with Crippen molar-refractivity contribution in [1.82, 2.24) is 5.32 Å². The number of hydrogen-bond donors (Lipinski definition) is 3. The Balaban J connectivity index is 2.17. The molecule has 1 aromatic rings. The Bertz CT molecular complexity index is 564. The molecule has 1 fully saturated rings. The van der Waals surface area contributed by atoms with Crippen molar-refractivity contribution in [3.8, 4) is 0 Å². The Kier molecular flexibility index (Phi) is 4.30. The first-order valence-electron chi connectivity index (χ1n) is 5.24. The lowest BCUT2D eigenvalue weighted by Gasteiger charge is -2.12. The third-order valence-electron chi connectivity index (χ3n) is 2.46. The van der Waals surface area contributed by atoms with Gasteiger partial charge in [-0.3, -0.25) is 9.59 Å². The van der Waals surface area contributed by atoms with Gasteiger partial charge < -0.3 is 15.7 Å². The van der Waals surface area contributed by atoms with E-state index in [0.717, 1.165) is 15.3 Å². The van der Waals surface area contributed by atoms with Crippen LogP contribution in [0.1, 0.15) is 10.4 Å². The molecule has 0 spiro atoms. The van der Waals surface area contributed by atoms with Crippen molar-refractivity contribution in [3.05, 3.63) is 27.3 Å². The number of carboxylic acid groups (broad SMARTS) is 1. The Morgan fingerprint density at radius 3 is 2.79 bits per heavy atom. The van der Waals surface area contributed by atoms with Gasteiger partial charge in [0.2, 0.25) is 5.91 Å². The first-order chi connectivity index (χ1) is 8.97. The minimum Gasteiger partial charge on any atom is -0.478 e. The first kappa shape index (κ1) is 14.1. The summed E-state index contributed by atoms with van der Waals surface area (Å²) in [5, 5.41) is 13.9. The van der Waals surface area contributed by atoms with Gasteiger partial charge in [-0.2, -0.15) is 0 Å². The summed E-state index contributed by atoms with van der Waals surface area (Å²) in [6.45, 7) is 0. The summed E-state index contributed by atoms with van der Waals surface area (Å²) in [6.07, 6.45) is 0. The van der Waals surface area contributed by atoms with Crippen LogP contribution in [0.3, 0.4) is 0 Å². The molecule has 1 saturated heterocycles. The molecule has 1 heterocycles. The summed E-state index contributed by atoms with van der Waals surface area (Å²) in [5.74, 6) is -1.18. The molecule has 0 saturated carbocycles. The zero-order valence-corrected chi connectivity index (χ0v) is 12.4. The van der Waals surface area contributed by atoms with Crippen molar-refractivity contribution in [2.24, 2.45) is 0 Å². The highest BCUT2D eigenvalue weighted by Crippen LogP contribution is 2.20. The second-order valence-corrected chi connectivity index (χ2v) is 6.02. The number of amides is 2. The SMILES string of the molecule is O=C1NC(C(=O)Nc2ccc(I)cc2C(=O)O)CS1. The molecular formula is C11H9IN2O4S. The fourth-order valence-corrected chi connectivity index (χ4v) is 2.82. The highest BCUT2D eigenvalue weighted by molar-refractivity contribution is 14.1. The molecule has 0 bridgehead atoms. The van der Waals surface area contributed by atoms with Crippen molar-refractivity contribution in [2.45, 2.75) is 6.04 Å². The summed E-state index contributed by atoms with van der Waals surface area (Å²) in [7, 11) is 0. The Labute approximate surface area is 126 Å². The molecule has 0 aliphatic carbocycles. The first-order valence-corrected chi connectivity index (χ1v) is 7.31. The molecule has 2 rings (SSSR count). The molecular weight excluding hydrogens is 383 g/mol. The second-order valence-electron chi connectivity index (χ2n) is 3.78. The van der Waals surface area contributed by atoms with Crippen LogP contribution in [0.15, 0.2) is 18.2 Å². The number of carbonyl (C=O) groups is 3. The van der Waals surface area contributed by atoms with Gasteiger partial charge in [0, 0.05) is 9.32 Å². The van der Waals surface area contributed by atoms with E-state index in [0.29, 0.717) is 5.75 Å². The average Bonchev–Trinajstić information content (AvgIpc) is 2.78. The van der Waals surface area contributed by atoms with Crippen molar-refractivity contribution in [2.75, 3.05) is 11.1 Å². The molecule has 1 atom stereocenters. The van der Waals surface area contributed by atoms with Gasteiger partial charge in [0.1, 0.15) is 6.04 Å². The van der Waals surface area contributed by atoms with E-state index in [2.05, 4.69) is 10.6 Å². The largest absolute Gasteiger partial charge is 0.478 e. The minimum absolute atomic E-state index is 0.0252. The Morgan fingerprint density at radius 1 is 1.47 bits per heavy atom. The molecule has 100 valence electrons. The van der Waals surface area contributed by atoms with E-state index < -0.39 is 17.9 Å². The number of rotatable bonds is 3. The number of anilines is 1. The van der Waals surface area contributed by atoms with E-state index in [1.54, 1.807) is 6.07 Å². The van der Waals surface area contributed by atoms with Gasteiger partial charge in [-0.25, -0.2) is 4.79 Å². The van der Waals surface area contributed by atoms with Crippen molar-refractivity contribution >= 4 is 57.2 Å². The van der Waals surface area contributed by atoms with Gasteiger partial charge in [-0.05, 0) is 40.8 Å². The lowest BCUT2D eigenvalue weighted by molar-refractivity contribution is -0.117. The van der Waals surface area contributed by atoms with Crippen LogP contribution in [0.4, 0.5) is 10.5 Å². The average molecular weight is 392 g/mol. The van der Waals surface area contributed by atoms with Crippen LogP contribution < -0.4 is 10.6 Å². The summed E-state index contributed by atoms with van der Waals surface area (Å²) >= 11 is 3.02. The van der Waals surface area contributed by atoms with E-state index in [9.17, 15) is 14.4 Å². The summed E-state index contributed by atoms with van der Waals surface area (Å²) in [5.41, 5.74) is 0.251. The van der Waals surface area contributed by atoms with Gasteiger partial charge in [-0.1, -0.05) is 11.8 Å². The number of benzene rings is 1. The normalized spacial score (nSPS) is 17.9. The standard InChI is InChI=1S/C11H9IN2O4S/c12-5-1-2-7(6(3-5)10(16)17)13-9(15)8-4-19-11(18)14-8/h1-3,8H,4H2,(H,13,15)(H,14,18)(H,16,17). The highest BCUT2D eigenvalue weighted by atomic mass is 127. The van der Waals surface area contributed by atoms with Gasteiger partial charge in [-0.15, -0.1) is 0 Å². The van der Waals surface area contributed by atoms with Crippen molar-refractivity contribution in [3.63, 3.8) is 0 Å². The second kappa shape index (κ2) is 5.78. The van der Waals surface area contributed by atoms with E-state index in [1.165, 1.54) is 12.1 Å².